The van der Waals surface area contributed by atoms with Crippen LogP contribution in [0.4, 0.5) is 5.69 Å². The second-order valence-corrected chi connectivity index (χ2v) is 5.45. The molecule has 0 radical (unpaired) electrons. The summed E-state index contributed by atoms with van der Waals surface area (Å²) in [6.45, 7) is 1.87. The third kappa shape index (κ3) is 4.93. The molecule has 8 heteroatoms. The number of anilines is 1. The van der Waals surface area contributed by atoms with Crippen molar-refractivity contribution in [2.24, 2.45) is 0 Å². The molecule has 1 aromatic carbocycles. The Kier molecular flexibility index (Phi) is 6.51. The molecule has 1 atom stereocenters. The molecule has 0 saturated heterocycles. The normalized spacial score (nSPS) is 11.5. The molecule has 0 saturated carbocycles. The summed E-state index contributed by atoms with van der Waals surface area (Å²) in [5.74, 6) is -0.897. The summed E-state index contributed by atoms with van der Waals surface area (Å²) < 4.78 is 14.6. The third-order valence-electron chi connectivity index (χ3n) is 3.60. The second kappa shape index (κ2) is 8.82. The first-order valence-electron chi connectivity index (χ1n) is 7.83. The number of amides is 1. The van der Waals surface area contributed by atoms with Gasteiger partial charge in [-0.3, -0.25) is 10.1 Å². The average Bonchev–Trinajstić information content (AvgIpc) is 3.19. The summed E-state index contributed by atoms with van der Waals surface area (Å²) in [5, 5.41) is 5.65. The zero-order chi connectivity index (χ0) is 19.1. The van der Waals surface area contributed by atoms with E-state index in [9.17, 15) is 14.4 Å². The van der Waals surface area contributed by atoms with E-state index in [0.717, 1.165) is 0 Å². The van der Waals surface area contributed by atoms with Gasteiger partial charge < -0.3 is 19.2 Å². The smallest absolute Gasteiger partial charge is 0.337 e. The number of carbonyl (C=O) groups excluding carboxylic acids is 3. The summed E-state index contributed by atoms with van der Waals surface area (Å²) in [7, 11) is 2.46. The van der Waals surface area contributed by atoms with Crippen molar-refractivity contribution < 1.29 is 28.3 Å². The van der Waals surface area contributed by atoms with E-state index >= 15 is 0 Å². The SMILES string of the molecule is COC(=O)c1cc(NC(=O)CN[C@H](C)c2ccco2)cc(C(=O)OC)c1. The van der Waals surface area contributed by atoms with Crippen LogP contribution >= 0.6 is 0 Å². The molecule has 138 valence electrons. The van der Waals surface area contributed by atoms with E-state index < -0.39 is 11.9 Å². The van der Waals surface area contributed by atoms with Crippen LogP contribution in [0.25, 0.3) is 0 Å². The van der Waals surface area contributed by atoms with E-state index in [1.54, 1.807) is 18.4 Å². The summed E-state index contributed by atoms with van der Waals surface area (Å²) in [4.78, 5) is 35.7. The van der Waals surface area contributed by atoms with Crippen LogP contribution in [-0.2, 0) is 14.3 Å². The van der Waals surface area contributed by atoms with Gasteiger partial charge in [-0.2, -0.15) is 0 Å². The van der Waals surface area contributed by atoms with Crippen LogP contribution in [-0.4, -0.2) is 38.6 Å². The molecule has 2 N–H and O–H groups in total. The third-order valence-corrected chi connectivity index (χ3v) is 3.60. The Labute approximate surface area is 150 Å². The minimum Gasteiger partial charge on any atom is -0.468 e. The Morgan fingerprint density at radius 2 is 1.69 bits per heavy atom. The van der Waals surface area contributed by atoms with Gasteiger partial charge in [0.2, 0.25) is 5.91 Å². The second-order valence-electron chi connectivity index (χ2n) is 5.45. The molecule has 0 spiro atoms. The number of esters is 2. The van der Waals surface area contributed by atoms with Crippen LogP contribution < -0.4 is 10.6 Å². The number of hydrogen-bond donors (Lipinski definition) is 2. The molecule has 0 aliphatic carbocycles. The molecule has 0 aliphatic heterocycles. The predicted molar refractivity (Wildman–Crippen MR) is 92.9 cm³/mol. The van der Waals surface area contributed by atoms with Gasteiger partial charge in [-0.05, 0) is 37.3 Å². The van der Waals surface area contributed by atoms with Gasteiger partial charge in [0.15, 0.2) is 0 Å². The van der Waals surface area contributed by atoms with E-state index in [1.165, 1.54) is 32.4 Å². The number of methoxy groups -OCH3 is 2. The van der Waals surface area contributed by atoms with E-state index in [2.05, 4.69) is 20.1 Å². The highest BCUT2D eigenvalue weighted by Gasteiger charge is 2.15. The number of carbonyl (C=O) groups is 3. The quantitative estimate of drug-likeness (QED) is 0.729. The molecular formula is C18H20N2O6. The van der Waals surface area contributed by atoms with Crippen molar-refractivity contribution in [1.29, 1.82) is 0 Å². The van der Waals surface area contributed by atoms with Crippen molar-refractivity contribution in [3.8, 4) is 0 Å². The predicted octanol–water partition coefficient (Wildman–Crippen LogP) is 2.14. The summed E-state index contributed by atoms with van der Waals surface area (Å²) >= 11 is 0. The van der Waals surface area contributed by atoms with Gasteiger partial charge in [-0.15, -0.1) is 0 Å². The van der Waals surface area contributed by atoms with Gasteiger partial charge in [0.1, 0.15) is 5.76 Å². The van der Waals surface area contributed by atoms with E-state index in [1.807, 2.05) is 6.92 Å². The molecule has 0 unspecified atom stereocenters. The minimum atomic E-state index is -0.629. The fraction of sp³-hybridized carbons (Fsp3) is 0.278. The van der Waals surface area contributed by atoms with Crippen LogP contribution in [0.2, 0.25) is 0 Å². The van der Waals surface area contributed by atoms with Crippen molar-refractivity contribution in [2.45, 2.75) is 13.0 Å². The molecule has 0 bridgehead atoms. The molecule has 26 heavy (non-hydrogen) atoms. The fourth-order valence-electron chi connectivity index (χ4n) is 2.26. The number of rotatable bonds is 7. The fourth-order valence-corrected chi connectivity index (χ4v) is 2.26. The highest BCUT2D eigenvalue weighted by molar-refractivity contribution is 5.99. The first-order chi connectivity index (χ1) is 12.4. The van der Waals surface area contributed by atoms with Gasteiger partial charge in [-0.25, -0.2) is 9.59 Å². The van der Waals surface area contributed by atoms with Gasteiger partial charge >= 0.3 is 11.9 Å². The highest BCUT2D eigenvalue weighted by Crippen LogP contribution is 2.17. The Morgan fingerprint density at radius 3 is 2.19 bits per heavy atom. The molecule has 1 aromatic heterocycles. The molecular weight excluding hydrogens is 340 g/mol. The number of furan rings is 1. The van der Waals surface area contributed by atoms with Crippen LogP contribution in [0.5, 0.6) is 0 Å². The van der Waals surface area contributed by atoms with Crippen LogP contribution in [0.3, 0.4) is 0 Å². The zero-order valence-corrected chi connectivity index (χ0v) is 14.7. The van der Waals surface area contributed by atoms with Crippen LogP contribution in [0, 0.1) is 0 Å². The molecule has 1 heterocycles. The van der Waals surface area contributed by atoms with Crippen molar-refractivity contribution in [2.75, 3.05) is 26.1 Å². The largest absolute Gasteiger partial charge is 0.468 e. The topological polar surface area (TPSA) is 107 Å². The summed E-state index contributed by atoms with van der Waals surface area (Å²) in [6.07, 6.45) is 1.56. The maximum atomic E-state index is 12.2. The lowest BCUT2D eigenvalue weighted by Crippen LogP contribution is -2.30. The molecule has 1 amide bonds. The molecule has 8 nitrogen and oxygen atoms in total. The first-order valence-corrected chi connectivity index (χ1v) is 7.83. The summed E-state index contributed by atoms with van der Waals surface area (Å²) in [5.41, 5.74) is 0.538. The van der Waals surface area contributed by atoms with E-state index in [-0.39, 0.29) is 35.3 Å². The van der Waals surface area contributed by atoms with Gasteiger partial charge in [0.05, 0.1) is 44.2 Å². The van der Waals surface area contributed by atoms with Crippen LogP contribution in [0.15, 0.2) is 41.0 Å². The average molecular weight is 360 g/mol. The van der Waals surface area contributed by atoms with Crippen molar-refractivity contribution in [3.63, 3.8) is 0 Å². The maximum Gasteiger partial charge on any atom is 0.337 e. The Hall–Kier alpha value is -3.13. The summed E-state index contributed by atoms with van der Waals surface area (Å²) in [6, 6.07) is 7.60. The van der Waals surface area contributed by atoms with Crippen molar-refractivity contribution >= 4 is 23.5 Å². The monoisotopic (exact) mass is 360 g/mol. The van der Waals surface area contributed by atoms with Gasteiger partial charge in [-0.1, -0.05) is 0 Å². The molecule has 2 rings (SSSR count). The first kappa shape index (κ1) is 19.2. The maximum absolute atomic E-state index is 12.2. The lowest BCUT2D eigenvalue weighted by atomic mass is 10.1. The molecule has 0 aliphatic rings. The van der Waals surface area contributed by atoms with Gasteiger partial charge in [0.25, 0.3) is 0 Å². The molecule has 2 aromatic rings. The van der Waals surface area contributed by atoms with Gasteiger partial charge in [0, 0.05) is 5.69 Å². The number of benzene rings is 1. The molecule has 0 fully saturated rings. The number of ether oxygens (including phenoxy) is 2. The Balaban J connectivity index is 2.08. The standard InChI is InChI=1S/C18H20N2O6/c1-11(15-5-4-6-26-15)19-10-16(21)20-14-8-12(17(22)24-2)7-13(9-14)18(23)25-3/h4-9,11,19H,10H2,1-3H3,(H,20,21)/t11-/m1/s1. The van der Waals surface area contributed by atoms with E-state index in [0.29, 0.717) is 5.76 Å². The number of nitrogens with one attached hydrogen (secondary N) is 2. The Morgan fingerprint density at radius 1 is 1.08 bits per heavy atom. The Bertz CT molecular complexity index is 751. The lowest BCUT2D eigenvalue weighted by Gasteiger charge is -2.12. The van der Waals surface area contributed by atoms with Crippen molar-refractivity contribution in [1.82, 2.24) is 5.32 Å². The highest BCUT2D eigenvalue weighted by atomic mass is 16.5. The zero-order valence-electron chi connectivity index (χ0n) is 14.7. The van der Waals surface area contributed by atoms with E-state index in [4.69, 9.17) is 4.42 Å². The van der Waals surface area contributed by atoms with Crippen molar-refractivity contribution in [3.05, 3.63) is 53.5 Å². The lowest BCUT2D eigenvalue weighted by molar-refractivity contribution is -0.115. The minimum absolute atomic E-state index is 0.0118. The van der Waals surface area contributed by atoms with Crippen LogP contribution in [0.1, 0.15) is 39.4 Å². The number of hydrogen-bond acceptors (Lipinski definition) is 7.